The smallest absolute Gasteiger partial charge is 0.410 e. The number of carbonyl (C=O) groups is 1. The zero-order valence-corrected chi connectivity index (χ0v) is 12.0. The first-order chi connectivity index (χ1) is 9.26. The molecule has 2 N–H and O–H groups in total. The Morgan fingerprint density at radius 2 is 2.25 bits per heavy atom. The molecule has 1 aromatic heterocycles. The molecule has 1 aromatic rings. The van der Waals surface area contributed by atoms with Crippen LogP contribution < -0.4 is 5.73 Å². The number of ether oxygens (including phenoxy) is 1. The number of hydrogen-bond donors (Lipinski definition) is 1. The normalized spacial score (nSPS) is 23.7. The molecule has 2 atom stereocenters. The number of anilines is 1. The maximum atomic E-state index is 14.2. The maximum absolute atomic E-state index is 14.2. The van der Waals surface area contributed by atoms with Crippen molar-refractivity contribution in [3.63, 3.8) is 0 Å². The number of alkyl halides is 1. The summed E-state index contributed by atoms with van der Waals surface area (Å²) in [6, 6.07) is -0.383. The van der Waals surface area contributed by atoms with Gasteiger partial charge in [0.15, 0.2) is 0 Å². The van der Waals surface area contributed by atoms with Crippen LogP contribution >= 0.6 is 0 Å². The molecular formula is C13H21FN4O2. The third-order valence-electron chi connectivity index (χ3n) is 3.12. The highest BCUT2D eigenvalue weighted by atomic mass is 19.1. The van der Waals surface area contributed by atoms with Gasteiger partial charge in [-0.3, -0.25) is 4.68 Å². The van der Waals surface area contributed by atoms with Crippen LogP contribution in [0.1, 0.15) is 33.2 Å². The zero-order valence-electron chi connectivity index (χ0n) is 12.0. The zero-order chi connectivity index (χ0) is 14.9. The van der Waals surface area contributed by atoms with Crippen LogP contribution in [-0.4, -0.2) is 45.6 Å². The number of hydrogen-bond acceptors (Lipinski definition) is 4. The molecule has 2 heterocycles. The van der Waals surface area contributed by atoms with E-state index in [-0.39, 0.29) is 12.6 Å². The minimum Gasteiger partial charge on any atom is -0.444 e. The first-order valence-electron chi connectivity index (χ1n) is 6.68. The minimum atomic E-state index is -1.18. The molecule has 112 valence electrons. The summed E-state index contributed by atoms with van der Waals surface area (Å²) in [7, 11) is 0. The molecule has 2 unspecified atom stereocenters. The molecule has 0 saturated carbocycles. The van der Waals surface area contributed by atoms with Crippen LogP contribution in [0.25, 0.3) is 0 Å². The molecule has 1 aliphatic heterocycles. The van der Waals surface area contributed by atoms with E-state index in [0.29, 0.717) is 18.7 Å². The average molecular weight is 284 g/mol. The van der Waals surface area contributed by atoms with Gasteiger partial charge in [0.05, 0.1) is 24.5 Å². The summed E-state index contributed by atoms with van der Waals surface area (Å²) in [4.78, 5) is 13.3. The lowest BCUT2D eigenvalue weighted by Crippen LogP contribution is -2.47. The van der Waals surface area contributed by atoms with E-state index in [1.165, 1.54) is 15.8 Å². The van der Waals surface area contributed by atoms with Gasteiger partial charge in [-0.05, 0) is 27.2 Å². The Morgan fingerprint density at radius 3 is 2.75 bits per heavy atom. The summed E-state index contributed by atoms with van der Waals surface area (Å²) >= 11 is 0. The molecule has 0 bridgehead atoms. The SMILES string of the molecule is CC(C)(C)OC(=O)N1CCC(n2cc(N)cn2)C(F)C1. The van der Waals surface area contributed by atoms with Crippen molar-refractivity contribution < 1.29 is 13.9 Å². The molecule has 0 aromatic carbocycles. The Kier molecular flexibility index (Phi) is 3.87. The van der Waals surface area contributed by atoms with Crippen molar-refractivity contribution >= 4 is 11.8 Å². The lowest BCUT2D eigenvalue weighted by atomic mass is 10.0. The fourth-order valence-corrected chi connectivity index (χ4v) is 2.22. The second-order valence-corrected chi connectivity index (χ2v) is 6.05. The van der Waals surface area contributed by atoms with Crippen LogP contribution in [0.4, 0.5) is 14.9 Å². The average Bonchev–Trinajstić information content (AvgIpc) is 2.73. The highest BCUT2D eigenvalue weighted by Crippen LogP contribution is 2.26. The number of carbonyl (C=O) groups excluding carboxylic acids is 1. The van der Waals surface area contributed by atoms with Crippen molar-refractivity contribution in [1.29, 1.82) is 0 Å². The standard InChI is InChI=1S/C13H21FN4O2/c1-13(2,3)20-12(19)17-5-4-11(10(14)8-17)18-7-9(15)6-16-18/h6-7,10-11H,4-5,8,15H2,1-3H3. The van der Waals surface area contributed by atoms with Crippen LogP contribution in [0, 0.1) is 0 Å². The van der Waals surface area contributed by atoms with Crippen LogP contribution in [0.3, 0.4) is 0 Å². The van der Waals surface area contributed by atoms with Crippen LogP contribution in [0.15, 0.2) is 12.4 Å². The molecule has 0 aliphatic carbocycles. The molecule has 1 saturated heterocycles. The Bertz CT molecular complexity index is 483. The monoisotopic (exact) mass is 284 g/mol. The van der Waals surface area contributed by atoms with Crippen LogP contribution in [-0.2, 0) is 4.74 Å². The first kappa shape index (κ1) is 14.6. The number of likely N-dealkylation sites (tertiary alicyclic amines) is 1. The van der Waals surface area contributed by atoms with Crippen molar-refractivity contribution in [3.05, 3.63) is 12.4 Å². The van der Waals surface area contributed by atoms with E-state index in [9.17, 15) is 9.18 Å². The minimum absolute atomic E-state index is 0.0132. The Labute approximate surface area is 117 Å². The van der Waals surface area contributed by atoms with E-state index in [2.05, 4.69) is 5.10 Å². The second-order valence-electron chi connectivity index (χ2n) is 6.05. The highest BCUT2D eigenvalue weighted by Gasteiger charge is 2.34. The molecular weight excluding hydrogens is 263 g/mol. The van der Waals surface area contributed by atoms with E-state index in [0.717, 1.165) is 0 Å². The Hall–Kier alpha value is -1.79. The molecule has 6 nitrogen and oxygen atoms in total. The summed E-state index contributed by atoms with van der Waals surface area (Å²) < 4.78 is 21.0. The van der Waals surface area contributed by atoms with Gasteiger partial charge in [-0.1, -0.05) is 0 Å². The van der Waals surface area contributed by atoms with Gasteiger partial charge in [0.25, 0.3) is 0 Å². The number of aromatic nitrogens is 2. The van der Waals surface area contributed by atoms with Crippen LogP contribution in [0.5, 0.6) is 0 Å². The van der Waals surface area contributed by atoms with Gasteiger partial charge >= 0.3 is 6.09 Å². The number of amides is 1. The van der Waals surface area contributed by atoms with Crippen molar-refractivity contribution in [2.75, 3.05) is 18.8 Å². The number of nitrogens with two attached hydrogens (primary N) is 1. The van der Waals surface area contributed by atoms with Gasteiger partial charge < -0.3 is 15.4 Å². The molecule has 7 heteroatoms. The van der Waals surface area contributed by atoms with Crippen LogP contribution in [0.2, 0.25) is 0 Å². The lowest BCUT2D eigenvalue weighted by Gasteiger charge is -2.35. The third kappa shape index (κ3) is 3.40. The van der Waals surface area contributed by atoms with Gasteiger partial charge in [-0.2, -0.15) is 5.10 Å². The third-order valence-corrected chi connectivity index (χ3v) is 3.12. The summed E-state index contributed by atoms with van der Waals surface area (Å²) in [5.74, 6) is 0. The summed E-state index contributed by atoms with van der Waals surface area (Å²) in [5, 5.41) is 4.04. The molecule has 0 radical (unpaired) electrons. The lowest BCUT2D eigenvalue weighted by molar-refractivity contribution is 0.00576. The van der Waals surface area contributed by atoms with E-state index >= 15 is 0 Å². The number of nitrogen functional groups attached to an aromatic ring is 1. The van der Waals surface area contributed by atoms with Crippen molar-refractivity contribution in [1.82, 2.24) is 14.7 Å². The molecule has 1 amide bonds. The largest absolute Gasteiger partial charge is 0.444 e. The maximum Gasteiger partial charge on any atom is 0.410 e. The molecule has 20 heavy (non-hydrogen) atoms. The molecule has 0 spiro atoms. The van der Waals surface area contributed by atoms with E-state index < -0.39 is 17.9 Å². The fourth-order valence-electron chi connectivity index (χ4n) is 2.22. The second kappa shape index (κ2) is 5.30. The predicted molar refractivity (Wildman–Crippen MR) is 73.0 cm³/mol. The van der Waals surface area contributed by atoms with Crippen molar-refractivity contribution in [2.45, 2.75) is 45.0 Å². The summed E-state index contributed by atoms with van der Waals surface area (Å²) in [6.45, 7) is 5.82. The Morgan fingerprint density at radius 1 is 1.55 bits per heavy atom. The number of rotatable bonds is 1. The van der Waals surface area contributed by atoms with Gasteiger partial charge in [0.1, 0.15) is 11.8 Å². The topological polar surface area (TPSA) is 73.4 Å². The van der Waals surface area contributed by atoms with Gasteiger partial charge in [-0.25, -0.2) is 9.18 Å². The summed E-state index contributed by atoms with van der Waals surface area (Å²) in [6.07, 6.45) is 1.93. The Balaban J connectivity index is 1.97. The predicted octanol–water partition coefficient (Wildman–Crippen LogP) is 1.99. The van der Waals surface area contributed by atoms with Gasteiger partial charge in [0, 0.05) is 12.7 Å². The van der Waals surface area contributed by atoms with E-state index in [1.807, 2.05) is 0 Å². The molecule has 1 fully saturated rings. The fraction of sp³-hybridized carbons (Fsp3) is 0.692. The highest BCUT2D eigenvalue weighted by molar-refractivity contribution is 5.68. The van der Waals surface area contributed by atoms with Crippen molar-refractivity contribution in [3.8, 4) is 0 Å². The quantitative estimate of drug-likeness (QED) is 0.856. The summed E-state index contributed by atoms with van der Waals surface area (Å²) in [5.41, 5.74) is 5.52. The molecule has 1 aliphatic rings. The number of piperidine rings is 1. The number of halogens is 1. The molecule has 2 rings (SSSR count). The van der Waals surface area contributed by atoms with E-state index in [4.69, 9.17) is 10.5 Å². The van der Waals surface area contributed by atoms with Gasteiger partial charge in [0.2, 0.25) is 0 Å². The van der Waals surface area contributed by atoms with Crippen molar-refractivity contribution in [2.24, 2.45) is 0 Å². The van der Waals surface area contributed by atoms with E-state index in [1.54, 1.807) is 27.0 Å². The van der Waals surface area contributed by atoms with Gasteiger partial charge in [-0.15, -0.1) is 0 Å². The number of nitrogens with zero attached hydrogens (tertiary/aromatic N) is 3. The first-order valence-corrected chi connectivity index (χ1v) is 6.68.